The van der Waals surface area contributed by atoms with E-state index in [-0.39, 0.29) is 0 Å². The van der Waals surface area contributed by atoms with Crippen molar-refractivity contribution in [1.82, 2.24) is 14.9 Å². The van der Waals surface area contributed by atoms with Gasteiger partial charge in [-0.05, 0) is 75.3 Å². The van der Waals surface area contributed by atoms with Gasteiger partial charge in [0, 0.05) is 49.5 Å². The fraction of sp³-hybridized carbons (Fsp3) is 0.360. The van der Waals surface area contributed by atoms with Gasteiger partial charge in [0.25, 0.3) is 0 Å². The van der Waals surface area contributed by atoms with Crippen molar-refractivity contribution < 1.29 is 4.74 Å². The molecule has 1 aromatic heterocycles. The van der Waals surface area contributed by atoms with Crippen LogP contribution < -0.4 is 20.3 Å². The maximum absolute atomic E-state index is 5.89. The standard InChI is InChI=1S/C25H32N6O/c1-19-18-26-25(29-24(19)27-21-7-6-8-22(17-21)30(2)3)28-20-9-11-23(12-10-20)32-16-15-31-13-4-5-14-31/h6-12,17-18H,4-5,13-16H2,1-3H3,(H2,26,27,28,29). The third-order valence-corrected chi connectivity index (χ3v) is 5.58. The molecule has 2 N–H and O–H groups in total. The molecule has 4 rings (SSSR count). The summed E-state index contributed by atoms with van der Waals surface area (Å²) in [7, 11) is 4.06. The van der Waals surface area contributed by atoms with E-state index in [1.54, 1.807) is 0 Å². The predicted molar refractivity (Wildman–Crippen MR) is 132 cm³/mol. The molecule has 32 heavy (non-hydrogen) atoms. The highest BCUT2D eigenvalue weighted by molar-refractivity contribution is 5.66. The lowest BCUT2D eigenvalue weighted by atomic mass is 10.2. The number of aromatic nitrogens is 2. The van der Waals surface area contributed by atoms with Gasteiger partial charge in [0.1, 0.15) is 18.2 Å². The highest BCUT2D eigenvalue weighted by Gasteiger charge is 2.11. The third-order valence-electron chi connectivity index (χ3n) is 5.58. The fourth-order valence-corrected chi connectivity index (χ4v) is 3.69. The van der Waals surface area contributed by atoms with Crippen molar-refractivity contribution in [1.29, 1.82) is 0 Å². The minimum Gasteiger partial charge on any atom is -0.492 e. The first-order valence-electron chi connectivity index (χ1n) is 11.2. The average Bonchev–Trinajstić information content (AvgIpc) is 3.31. The van der Waals surface area contributed by atoms with E-state index in [4.69, 9.17) is 4.74 Å². The summed E-state index contributed by atoms with van der Waals surface area (Å²) in [6.07, 6.45) is 4.44. The quantitative estimate of drug-likeness (QED) is 0.503. The zero-order valence-electron chi connectivity index (χ0n) is 19.1. The number of nitrogens with one attached hydrogen (secondary N) is 2. The topological polar surface area (TPSA) is 65.6 Å². The lowest BCUT2D eigenvalue weighted by Gasteiger charge is -2.16. The molecule has 0 bridgehead atoms. The Morgan fingerprint density at radius 2 is 1.78 bits per heavy atom. The number of benzene rings is 2. The first kappa shape index (κ1) is 21.9. The summed E-state index contributed by atoms with van der Waals surface area (Å²) in [5.41, 5.74) is 4.01. The number of hydrogen-bond donors (Lipinski definition) is 2. The molecular weight excluding hydrogens is 400 g/mol. The van der Waals surface area contributed by atoms with Crippen LogP contribution in [0.2, 0.25) is 0 Å². The normalized spacial score (nSPS) is 13.7. The van der Waals surface area contributed by atoms with E-state index in [1.165, 1.54) is 25.9 Å². The Balaban J connectivity index is 1.36. The molecule has 3 aromatic rings. The summed E-state index contributed by atoms with van der Waals surface area (Å²) in [5.74, 6) is 2.20. The summed E-state index contributed by atoms with van der Waals surface area (Å²) >= 11 is 0. The summed E-state index contributed by atoms with van der Waals surface area (Å²) < 4.78 is 5.89. The molecule has 0 radical (unpaired) electrons. The number of hydrogen-bond acceptors (Lipinski definition) is 7. The number of rotatable bonds is 9. The third kappa shape index (κ3) is 5.88. The largest absolute Gasteiger partial charge is 0.492 e. The molecule has 2 aromatic carbocycles. The Morgan fingerprint density at radius 3 is 2.53 bits per heavy atom. The van der Waals surface area contributed by atoms with Gasteiger partial charge < -0.3 is 20.3 Å². The zero-order chi connectivity index (χ0) is 22.3. The number of ether oxygens (including phenoxy) is 1. The Bertz CT molecular complexity index is 1020. The molecule has 0 atom stereocenters. The molecule has 1 fully saturated rings. The van der Waals surface area contributed by atoms with E-state index < -0.39 is 0 Å². The molecule has 168 valence electrons. The van der Waals surface area contributed by atoms with Crippen LogP contribution >= 0.6 is 0 Å². The van der Waals surface area contributed by atoms with Crippen LogP contribution in [0.3, 0.4) is 0 Å². The smallest absolute Gasteiger partial charge is 0.229 e. The summed E-state index contributed by atoms with van der Waals surface area (Å²) in [4.78, 5) is 13.6. The molecule has 1 aliphatic rings. The molecule has 0 unspecified atom stereocenters. The van der Waals surface area contributed by atoms with Gasteiger partial charge in [-0.2, -0.15) is 4.98 Å². The van der Waals surface area contributed by atoms with Gasteiger partial charge in [-0.1, -0.05) is 6.07 Å². The van der Waals surface area contributed by atoms with Crippen molar-refractivity contribution in [2.75, 3.05) is 55.9 Å². The van der Waals surface area contributed by atoms with Crippen molar-refractivity contribution in [3.8, 4) is 5.75 Å². The maximum atomic E-state index is 5.89. The van der Waals surface area contributed by atoms with E-state index >= 15 is 0 Å². The van der Waals surface area contributed by atoms with Crippen molar-refractivity contribution >= 4 is 28.8 Å². The van der Waals surface area contributed by atoms with Crippen LogP contribution in [-0.2, 0) is 0 Å². The molecule has 1 aliphatic heterocycles. The Labute approximate surface area is 190 Å². The average molecular weight is 433 g/mol. The highest BCUT2D eigenvalue weighted by atomic mass is 16.5. The summed E-state index contributed by atoms with van der Waals surface area (Å²) in [6, 6.07) is 16.2. The monoisotopic (exact) mass is 432 g/mol. The van der Waals surface area contributed by atoms with Gasteiger partial charge in [0.2, 0.25) is 5.95 Å². The number of aryl methyl sites for hydroxylation is 1. The van der Waals surface area contributed by atoms with Crippen LogP contribution in [0.5, 0.6) is 5.75 Å². The molecular formula is C25H32N6O. The van der Waals surface area contributed by atoms with Crippen LogP contribution in [-0.4, -0.2) is 55.2 Å². The second kappa shape index (κ2) is 10.3. The molecule has 0 amide bonds. The molecule has 0 saturated carbocycles. The molecule has 2 heterocycles. The van der Waals surface area contributed by atoms with E-state index in [1.807, 2.05) is 63.6 Å². The van der Waals surface area contributed by atoms with Crippen molar-refractivity contribution in [2.45, 2.75) is 19.8 Å². The van der Waals surface area contributed by atoms with Crippen molar-refractivity contribution in [3.05, 3.63) is 60.3 Å². The maximum Gasteiger partial charge on any atom is 0.229 e. The van der Waals surface area contributed by atoms with Crippen molar-refractivity contribution in [3.63, 3.8) is 0 Å². The number of nitrogens with zero attached hydrogens (tertiary/aromatic N) is 4. The van der Waals surface area contributed by atoms with Crippen LogP contribution in [0.25, 0.3) is 0 Å². The molecule has 7 nitrogen and oxygen atoms in total. The Kier molecular flexibility index (Phi) is 7.07. The first-order valence-corrected chi connectivity index (χ1v) is 11.2. The van der Waals surface area contributed by atoms with E-state index in [0.717, 1.165) is 47.3 Å². The first-order chi connectivity index (χ1) is 15.6. The minimum atomic E-state index is 0.546. The molecule has 1 saturated heterocycles. The van der Waals surface area contributed by atoms with E-state index in [9.17, 15) is 0 Å². The minimum absolute atomic E-state index is 0.546. The van der Waals surface area contributed by atoms with E-state index in [2.05, 4.69) is 42.5 Å². The lowest BCUT2D eigenvalue weighted by molar-refractivity contribution is 0.238. The summed E-state index contributed by atoms with van der Waals surface area (Å²) in [5, 5.41) is 6.69. The highest BCUT2D eigenvalue weighted by Crippen LogP contribution is 2.24. The molecule has 0 aliphatic carbocycles. The van der Waals surface area contributed by atoms with Gasteiger partial charge in [-0.15, -0.1) is 0 Å². The van der Waals surface area contributed by atoms with Gasteiger partial charge in [-0.3, -0.25) is 4.90 Å². The fourth-order valence-electron chi connectivity index (χ4n) is 3.69. The van der Waals surface area contributed by atoms with Crippen LogP contribution in [0.15, 0.2) is 54.7 Å². The predicted octanol–water partition coefficient (Wildman–Crippen LogP) is 4.81. The van der Waals surface area contributed by atoms with Gasteiger partial charge >= 0.3 is 0 Å². The second-order valence-corrected chi connectivity index (χ2v) is 8.34. The molecule has 0 spiro atoms. The van der Waals surface area contributed by atoms with Gasteiger partial charge in [0.15, 0.2) is 0 Å². The van der Waals surface area contributed by atoms with Crippen LogP contribution in [0.4, 0.5) is 28.8 Å². The van der Waals surface area contributed by atoms with Gasteiger partial charge in [0.05, 0.1) is 0 Å². The lowest BCUT2D eigenvalue weighted by Crippen LogP contribution is -2.25. The van der Waals surface area contributed by atoms with Crippen LogP contribution in [0.1, 0.15) is 18.4 Å². The molecule has 7 heteroatoms. The number of likely N-dealkylation sites (tertiary alicyclic amines) is 1. The Hall–Kier alpha value is -3.32. The SMILES string of the molecule is Cc1cnc(Nc2ccc(OCCN3CCCC3)cc2)nc1Nc1cccc(N(C)C)c1. The number of anilines is 5. The Morgan fingerprint density at radius 1 is 1.00 bits per heavy atom. The van der Waals surface area contributed by atoms with E-state index in [0.29, 0.717) is 5.95 Å². The zero-order valence-corrected chi connectivity index (χ0v) is 19.1. The second-order valence-electron chi connectivity index (χ2n) is 8.34. The summed E-state index contributed by atoms with van der Waals surface area (Å²) in [6.45, 7) is 6.10. The van der Waals surface area contributed by atoms with Crippen LogP contribution in [0, 0.1) is 6.92 Å². The van der Waals surface area contributed by atoms with Gasteiger partial charge in [-0.25, -0.2) is 4.98 Å². The van der Waals surface area contributed by atoms with Crippen molar-refractivity contribution in [2.24, 2.45) is 0 Å².